The minimum Gasteiger partial charge on any atom is -0.378 e. The van der Waals surface area contributed by atoms with E-state index in [0.717, 1.165) is 65.4 Å². The second kappa shape index (κ2) is 15.4. The number of likely N-dealkylation sites (N-methyl/N-ethyl adjacent to an activating group) is 2. The average Bonchev–Trinajstić information content (AvgIpc) is 3.11. The molecule has 2 saturated heterocycles. The lowest BCUT2D eigenvalue weighted by Crippen LogP contribution is -2.54. The summed E-state index contributed by atoms with van der Waals surface area (Å²) in [6.07, 6.45) is 16.7. The summed E-state index contributed by atoms with van der Waals surface area (Å²) in [6.45, 7) is 6.52. The van der Waals surface area contributed by atoms with Gasteiger partial charge >= 0.3 is 0 Å². The lowest BCUT2D eigenvalue weighted by Gasteiger charge is -2.48. The van der Waals surface area contributed by atoms with Crippen molar-refractivity contribution in [1.29, 1.82) is 0 Å². The zero-order valence-corrected chi connectivity index (χ0v) is 29.4. The summed E-state index contributed by atoms with van der Waals surface area (Å²) < 4.78 is 11.3. The number of nitrogens with zero attached hydrogens (tertiary/aromatic N) is 4. The third-order valence-electron chi connectivity index (χ3n) is 11.1. The van der Waals surface area contributed by atoms with E-state index in [1.54, 1.807) is 0 Å². The number of carbonyl (C=O) groups is 1. The van der Waals surface area contributed by atoms with Gasteiger partial charge in [-0.1, -0.05) is 72.8 Å². The molecule has 4 atom stereocenters. The van der Waals surface area contributed by atoms with Crippen molar-refractivity contribution < 1.29 is 14.3 Å². The fourth-order valence-electron chi connectivity index (χ4n) is 8.13. The predicted octanol–water partition coefficient (Wildman–Crippen LogP) is 5.23. The van der Waals surface area contributed by atoms with Gasteiger partial charge in [0.1, 0.15) is 5.78 Å². The topological polar surface area (TPSA) is 48.5 Å². The molecule has 4 unspecified atom stereocenters. The van der Waals surface area contributed by atoms with E-state index >= 15 is 0 Å². The van der Waals surface area contributed by atoms with Crippen molar-refractivity contribution in [2.45, 2.75) is 36.8 Å². The van der Waals surface area contributed by atoms with E-state index in [4.69, 9.17) is 9.47 Å². The first-order valence-electron chi connectivity index (χ1n) is 17.7. The molecule has 0 bridgehead atoms. The Morgan fingerprint density at radius 1 is 0.646 bits per heavy atom. The standard InChI is InChI=1S/C41H54N4O3/c1-42(2)40(29-33-11-7-5-8-12-33)31-37(44-19-23-47-24-20-44)17-15-35(40)27-39(46)28-36-16-18-38(45-21-25-48-26-22-45)32-41(36,43(3)4)30-34-13-9-6-10-14-34/h5-18,31-32,35-36H,19-30H2,1-4H3. The highest BCUT2D eigenvalue weighted by Crippen LogP contribution is 2.41. The molecule has 0 saturated carbocycles. The van der Waals surface area contributed by atoms with E-state index in [1.165, 1.54) is 22.5 Å². The molecule has 0 amide bonds. The van der Waals surface area contributed by atoms with Crippen molar-refractivity contribution >= 4 is 5.78 Å². The highest BCUT2D eigenvalue weighted by atomic mass is 16.5. The molecule has 7 heteroatoms. The summed E-state index contributed by atoms with van der Waals surface area (Å²) in [4.78, 5) is 24.0. The van der Waals surface area contributed by atoms with Crippen LogP contribution in [0.5, 0.6) is 0 Å². The van der Waals surface area contributed by atoms with Crippen LogP contribution in [-0.4, -0.2) is 117 Å². The van der Waals surface area contributed by atoms with Crippen LogP contribution < -0.4 is 0 Å². The quantitative estimate of drug-likeness (QED) is 0.312. The molecular formula is C41H54N4O3. The lowest BCUT2D eigenvalue weighted by atomic mass is 9.69. The van der Waals surface area contributed by atoms with Gasteiger partial charge < -0.3 is 19.3 Å². The molecule has 0 radical (unpaired) electrons. The molecule has 2 aromatic rings. The molecule has 7 nitrogen and oxygen atoms in total. The molecule has 0 N–H and O–H groups in total. The molecule has 2 aliphatic carbocycles. The Hall–Kier alpha value is -3.49. The molecule has 2 fully saturated rings. The summed E-state index contributed by atoms with van der Waals surface area (Å²) in [7, 11) is 8.69. The van der Waals surface area contributed by atoms with Gasteiger partial charge in [-0.25, -0.2) is 0 Å². The van der Waals surface area contributed by atoms with Crippen LogP contribution in [0.3, 0.4) is 0 Å². The summed E-state index contributed by atoms with van der Waals surface area (Å²) in [5.41, 5.74) is 4.35. The number of allylic oxidation sites excluding steroid dienone is 2. The average molecular weight is 651 g/mol. The van der Waals surface area contributed by atoms with Crippen molar-refractivity contribution in [3.63, 3.8) is 0 Å². The predicted molar refractivity (Wildman–Crippen MR) is 194 cm³/mol. The Morgan fingerprint density at radius 2 is 1.02 bits per heavy atom. The minimum absolute atomic E-state index is 0.0416. The Balaban J connectivity index is 1.29. The largest absolute Gasteiger partial charge is 0.378 e. The van der Waals surface area contributed by atoms with Crippen molar-refractivity contribution in [1.82, 2.24) is 19.6 Å². The van der Waals surface area contributed by atoms with Gasteiger partial charge in [0.2, 0.25) is 0 Å². The number of ketones is 1. The summed E-state index contributed by atoms with van der Waals surface area (Å²) in [5, 5.41) is 0. The molecule has 0 spiro atoms. The van der Waals surface area contributed by atoms with Gasteiger partial charge in [0.05, 0.1) is 37.5 Å². The number of ether oxygens (including phenoxy) is 2. The number of morpholine rings is 2. The monoisotopic (exact) mass is 650 g/mol. The van der Waals surface area contributed by atoms with Gasteiger partial charge in [-0.2, -0.15) is 0 Å². The van der Waals surface area contributed by atoms with Gasteiger partial charge in [0, 0.05) is 62.3 Å². The van der Waals surface area contributed by atoms with Gasteiger partial charge in [0.15, 0.2) is 0 Å². The van der Waals surface area contributed by atoms with Crippen LogP contribution >= 0.6 is 0 Å². The number of hydrogen-bond acceptors (Lipinski definition) is 7. The van der Waals surface area contributed by atoms with E-state index in [1.807, 2.05) is 0 Å². The number of Topliss-reactive ketones (excluding diaryl/α,β-unsaturated/α-hetero) is 1. The number of rotatable bonds is 12. The van der Waals surface area contributed by atoms with Crippen molar-refractivity contribution in [2.24, 2.45) is 11.8 Å². The van der Waals surface area contributed by atoms with Gasteiger partial charge in [0.25, 0.3) is 0 Å². The summed E-state index contributed by atoms with van der Waals surface area (Å²) >= 11 is 0. The van der Waals surface area contributed by atoms with Crippen LogP contribution in [-0.2, 0) is 27.1 Å². The van der Waals surface area contributed by atoms with Crippen molar-refractivity contribution in [3.05, 3.63) is 120 Å². The lowest BCUT2D eigenvalue weighted by molar-refractivity contribution is -0.121. The van der Waals surface area contributed by atoms with Gasteiger partial charge in [-0.15, -0.1) is 0 Å². The summed E-state index contributed by atoms with van der Waals surface area (Å²) in [6, 6.07) is 21.5. The first-order chi connectivity index (χ1) is 23.3. The van der Waals surface area contributed by atoms with Crippen LogP contribution in [0.25, 0.3) is 0 Å². The summed E-state index contributed by atoms with van der Waals surface area (Å²) in [5.74, 6) is 0.393. The highest BCUT2D eigenvalue weighted by molar-refractivity contribution is 5.80. The van der Waals surface area contributed by atoms with Gasteiger partial charge in [-0.3, -0.25) is 14.6 Å². The fraction of sp³-hybridized carbons (Fsp3) is 0.488. The second-order valence-electron chi connectivity index (χ2n) is 14.3. The third-order valence-corrected chi connectivity index (χ3v) is 11.1. The number of hydrogen-bond donors (Lipinski definition) is 0. The highest BCUT2D eigenvalue weighted by Gasteiger charge is 2.45. The number of benzene rings is 2. The van der Waals surface area contributed by atoms with E-state index < -0.39 is 0 Å². The molecule has 2 heterocycles. The van der Waals surface area contributed by atoms with Crippen molar-refractivity contribution in [3.8, 4) is 0 Å². The maximum Gasteiger partial charge on any atom is 0.134 e. The normalized spacial score (nSPS) is 27.7. The third kappa shape index (κ3) is 7.55. The Kier molecular flexibility index (Phi) is 11.0. The molecule has 4 aliphatic rings. The minimum atomic E-state index is -0.339. The maximum atomic E-state index is 14.5. The molecule has 2 aliphatic heterocycles. The van der Waals surface area contributed by atoms with E-state index in [2.05, 4.69) is 145 Å². The molecule has 256 valence electrons. The first kappa shape index (κ1) is 34.4. The zero-order valence-electron chi connectivity index (χ0n) is 29.4. The Labute approximate surface area is 288 Å². The van der Waals surface area contributed by atoms with Crippen molar-refractivity contribution in [2.75, 3.05) is 80.8 Å². The molecule has 48 heavy (non-hydrogen) atoms. The first-order valence-corrected chi connectivity index (χ1v) is 17.7. The van der Waals surface area contributed by atoms with E-state index in [0.29, 0.717) is 18.6 Å². The smallest absolute Gasteiger partial charge is 0.134 e. The molecular weight excluding hydrogens is 596 g/mol. The van der Waals surface area contributed by atoms with Gasteiger partial charge in [-0.05, 0) is 76.5 Å². The second-order valence-corrected chi connectivity index (χ2v) is 14.3. The van der Waals surface area contributed by atoms with E-state index in [-0.39, 0.29) is 22.9 Å². The maximum absolute atomic E-state index is 14.5. The van der Waals surface area contributed by atoms with Crippen LogP contribution in [0.1, 0.15) is 24.0 Å². The van der Waals surface area contributed by atoms with Crippen LogP contribution in [0.15, 0.2) is 109 Å². The number of carbonyl (C=O) groups excluding carboxylic acids is 1. The van der Waals surface area contributed by atoms with Crippen LogP contribution in [0.2, 0.25) is 0 Å². The van der Waals surface area contributed by atoms with Crippen LogP contribution in [0.4, 0.5) is 0 Å². The van der Waals surface area contributed by atoms with Crippen LogP contribution in [0, 0.1) is 11.8 Å². The SMILES string of the molecule is CN(C)C1(Cc2ccccc2)C=C(N2CCOCC2)C=CC1CC(=O)CC1C=CC(N2CCOCC2)=CC1(Cc1ccccc1)N(C)C. The molecule has 6 rings (SSSR count). The molecule has 2 aromatic carbocycles. The Morgan fingerprint density at radius 3 is 1.38 bits per heavy atom. The molecule has 0 aromatic heterocycles. The Bertz CT molecular complexity index is 1380. The fourth-order valence-corrected chi connectivity index (χ4v) is 8.13. The zero-order chi connectivity index (χ0) is 33.6. The van der Waals surface area contributed by atoms with E-state index in [9.17, 15) is 4.79 Å².